The minimum absolute atomic E-state index is 0.0904. The zero-order valence-corrected chi connectivity index (χ0v) is 19.0. The van der Waals surface area contributed by atoms with E-state index in [1.54, 1.807) is 6.92 Å². The second-order valence-electron chi connectivity index (χ2n) is 10.6. The number of ether oxygens (including phenoxy) is 1. The van der Waals surface area contributed by atoms with E-state index in [0.717, 1.165) is 50.5 Å². The summed E-state index contributed by atoms with van der Waals surface area (Å²) in [5.74, 6) is 1.34. The van der Waals surface area contributed by atoms with Crippen LogP contribution in [0.5, 0.6) is 0 Å². The molecule has 4 nitrogen and oxygen atoms in total. The molecule has 2 fully saturated rings. The average molecular weight is 413 g/mol. The zero-order chi connectivity index (χ0) is 21.7. The van der Waals surface area contributed by atoms with Crippen LogP contribution in [0.25, 0.3) is 0 Å². The monoisotopic (exact) mass is 412 g/mol. The molecule has 4 rings (SSSR count). The van der Waals surface area contributed by atoms with Crippen molar-refractivity contribution in [3.05, 3.63) is 23.3 Å². The maximum absolute atomic E-state index is 12.7. The lowest BCUT2D eigenvalue weighted by atomic mass is 9.46. The minimum atomic E-state index is -0.217. The average Bonchev–Trinajstić information content (AvgIpc) is 3.03. The van der Waals surface area contributed by atoms with Gasteiger partial charge in [0, 0.05) is 24.2 Å². The molecular weight excluding hydrogens is 376 g/mol. The minimum Gasteiger partial charge on any atom is -0.462 e. The molecule has 164 valence electrons. The van der Waals surface area contributed by atoms with Gasteiger partial charge in [0.05, 0.1) is 0 Å². The smallest absolute Gasteiger partial charge is 0.306 e. The Morgan fingerprint density at radius 3 is 2.67 bits per heavy atom. The summed E-state index contributed by atoms with van der Waals surface area (Å²) in [5.41, 5.74) is 1.89. The second-order valence-corrected chi connectivity index (χ2v) is 10.6. The summed E-state index contributed by atoms with van der Waals surface area (Å²) < 4.78 is 6.22. The first-order valence-corrected chi connectivity index (χ1v) is 11.9. The maximum Gasteiger partial charge on any atom is 0.306 e. The van der Waals surface area contributed by atoms with Crippen LogP contribution < -0.4 is 0 Å². The van der Waals surface area contributed by atoms with Crippen molar-refractivity contribution in [2.75, 3.05) is 0 Å². The van der Waals surface area contributed by atoms with Crippen molar-refractivity contribution in [1.82, 2.24) is 0 Å². The molecule has 4 aliphatic rings. The summed E-state index contributed by atoms with van der Waals surface area (Å²) >= 11 is 0. The van der Waals surface area contributed by atoms with Gasteiger partial charge in [-0.2, -0.15) is 0 Å². The number of hydrogen-bond donors (Lipinski definition) is 0. The lowest BCUT2D eigenvalue weighted by molar-refractivity contribution is -0.173. The van der Waals surface area contributed by atoms with Crippen molar-refractivity contribution in [1.29, 1.82) is 0 Å². The quantitative estimate of drug-likeness (QED) is 0.571. The van der Waals surface area contributed by atoms with Crippen molar-refractivity contribution in [3.8, 4) is 0 Å². The predicted molar refractivity (Wildman–Crippen MR) is 116 cm³/mol. The molecule has 0 aromatic carbocycles. The van der Waals surface area contributed by atoms with Crippen LogP contribution in [0.4, 0.5) is 0 Å². The molecule has 0 spiro atoms. The summed E-state index contributed by atoms with van der Waals surface area (Å²) in [4.78, 5) is 37.3. The van der Waals surface area contributed by atoms with E-state index >= 15 is 0 Å². The van der Waals surface area contributed by atoms with Crippen LogP contribution in [-0.2, 0) is 19.1 Å². The van der Waals surface area contributed by atoms with E-state index in [1.165, 1.54) is 5.57 Å². The Labute approximate surface area is 180 Å². The molecule has 0 bridgehead atoms. The zero-order valence-electron chi connectivity index (χ0n) is 19.0. The van der Waals surface area contributed by atoms with Gasteiger partial charge in [-0.3, -0.25) is 14.4 Å². The highest BCUT2D eigenvalue weighted by Gasteiger charge is 2.62. The molecule has 4 heteroatoms. The predicted octanol–water partition coefficient (Wildman–Crippen LogP) is 5.36. The fourth-order valence-electron chi connectivity index (χ4n) is 7.43. The SMILES string of the molecule is CCCCC(=O)O[C@@H]1C[C@]2(C)C(C(C)=O)=CC[C@H]2[C@@H]2CCC3=CC(=O)CC[C@]3(C)[C@H]21. The lowest BCUT2D eigenvalue weighted by Gasteiger charge is -2.59. The van der Waals surface area contributed by atoms with Gasteiger partial charge in [0.15, 0.2) is 11.6 Å². The van der Waals surface area contributed by atoms with Crippen LogP contribution in [0.15, 0.2) is 23.3 Å². The van der Waals surface area contributed by atoms with Crippen LogP contribution in [0.3, 0.4) is 0 Å². The third-order valence-corrected chi connectivity index (χ3v) is 8.85. The number of Topliss-reactive ketones (excluding diaryl/α,β-unsaturated/α-hetero) is 1. The molecule has 0 unspecified atom stereocenters. The third kappa shape index (κ3) is 3.31. The Kier molecular flexibility index (Phi) is 5.57. The molecule has 2 saturated carbocycles. The number of allylic oxidation sites excluding steroid dienone is 4. The molecule has 4 aliphatic carbocycles. The Bertz CT molecular complexity index is 821. The van der Waals surface area contributed by atoms with Gasteiger partial charge in [-0.25, -0.2) is 0 Å². The number of esters is 1. The first kappa shape index (κ1) is 21.5. The van der Waals surface area contributed by atoms with E-state index in [9.17, 15) is 14.4 Å². The number of ketones is 2. The van der Waals surface area contributed by atoms with E-state index in [1.807, 2.05) is 6.08 Å². The van der Waals surface area contributed by atoms with Crippen LogP contribution in [0.1, 0.15) is 85.5 Å². The molecule has 0 amide bonds. The first-order valence-electron chi connectivity index (χ1n) is 11.9. The van der Waals surface area contributed by atoms with Gasteiger partial charge >= 0.3 is 5.97 Å². The Hall–Kier alpha value is -1.71. The van der Waals surface area contributed by atoms with E-state index in [4.69, 9.17) is 4.74 Å². The Morgan fingerprint density at radius 2 is 1.97 bits per heavy atom. The van der Waals surface area contributed by atoms with Gasteiger partial charge in [0.1, 0.15) is 6.10 Å². The summed E-state index contributed by atoms with van der Waals surface area (Å²) in [5, 5.41) is 0. The molecule has 0 heterocycles. The van der Waals surface area contributed by atoms with E-state index in [0.29, 0.717) is 24.7 Å². The molecule has 0 aromatic heterocycles. The molecule has 0 radical (unpaired) electrons. The van der Waals surface area contributed by atoms with Crippen molar-refractivity contribution in [2.24, 2.45) is 28.6 Å². The fraction of sp³-hybridized carbons (Fsp3) is 0.731. The van der Waals surface area contributed by atoms with Gasteiger partial charge in [0.2, 0.25) is 0 Å². The van der Waals surface area contributed by atoms with Crippen LogP contribution in [0, 0.1) is 28.6 Å². The van der Waals surface area contributed by atoms with Gasteiger partial charge in [-0.05, 0) is 74.3 Å². The highest BCUT2D eigenvalue weighted by molar-refractivity contribution is 5.95. The highest BCUT2D eigenvalue weighted by atomic mass is 16.5. The molecule has 30 heavy (non-hydrogen) atoms. The van der Waals surface area contributed by atoms with Gasteiger partial charge in [-0.1, -0.05) is 38.8 Å². The van der Waals surface area contributed by atoms with Gasteiger partial charge in [-0.15, -0.1) is 0 Å². The topological polar surface area (TPSA) is 60.4 Å². The first-order chi connectivity index (χ1) is 14.2. The van der Waals surface area contributed by atoms with Crippen molar-refractivity contribution in [2.45, 2.75) is 91.6 Å². The fourth-order valence-corrected chi connectivity index (χ4v) is 7.43. The van der Waals surface area contributed by atoms with E-state index in [-0.39, 0.29) is 40.4 Å². The maximum atomic E-state index is 12.7. The molecular formula is C26H36O4. The van der Waals surface area contributed by atoms with E-state index < -0.39 is 0 Å². The third-order valence-electron chi connectivity index (χ3n) is 8.85. The highest BCUT2D eigenvalue weighted by Crippen LogP contribution is 2.65. The number of fused-ring (bicyclic) bond motifs is 5. The largest absolute Gasteiger partial charge is 0.462 e. The molecule has 0 saturated heterocycles. The molecule has 6 atom stereocenters. The summed E-state index contributed by atoms with van der Waals surface area (Å²) in [7, 11) is 0. The van der Waals surface area contributed by atoms with Crippen molar-refractivity contribution in [3.63, 3.8) is 0 Å². The van der Waals surface area contributed by atoms with E-state index in [2.05, 4.69) is 26.8 Å². The molecule has 0 N–H and O–H groups in total. The van der Waals surface area contributed by atoms with Crippen molar-refractivity contribution >= 4 is 17.5 Å². The summed E-state index contributed by atoms with van der Waals surface area (Å²) in [6.45, 7) is 8.27. The van der Waals surface area contributed by atoms with Gasteiger partial charge < -0.3 is 4.74 Å². The van der Waals surface area contributed by atoms with Crippen LogP contribution in [0.2, 0.25) is 0 Å². The number of hydrogen-bond acceptors (Lipinski definition) is 4. The summed E-state index contributed by atoms with van der Waals surface area (Å²) in [6.07, 6.45) is 11.2. The summed E-state index contributed by atoms with van der Waals surface area (Å²) in [6, 6.07) is 0. The Morgan fingerprint density at radius 1 is 1.20 bits per heavy atom. The second kappa shape index (κ2) is 7.76. The number of carbonyl (C=O) groups is 3. The van der Waals surface area contributed by atoms with Crippen molar-refractivity contribution < 1.29 is 19.1 Å². The standard InChI is InChI=1S/C26H36O4/c1-5-6-7-23(29)30-22-15-26(4)20(16(2)27)10-11-21(26)19-9-8-17-14-18(28)12-13-25(17,3)24(19)22/h10,14,19,21-22,24H,5-9,11-13,15H2,1-4H3/t19-,21-,22+,24+,25-,26+/m0/s1. The van der Waals surface area contributed by atoms with Gasteiger partial charge in [0.25, 0.3) is 0 Å². The number of rotatable bonds is 5. The Balaban J connectivity index is 1.72. The molecule has 0 aromatic rings. The van der Waals surface area contributed by atoms with Crippen LogP contribution >= 0.6 is 0 Å². The lowest BCUT2D eigenvalue weighted by Crippen LogP contribution is -2.57. The van der Waals surface area contributed by atoms with Crippen LogP contribution in [-0.4, -0.2) is 23.6 Å². The molecule has 0 aliphatic heterocycles. The number of carbonyl (C=O) groups excluding carboxylic acids is 3. The number of unbranched alkanes of at least 4 members (excludes halogenated alkanes) is 1. The normalized spacial score (nSPS) is 39.9.